The minimum atomic E-state index is -0.294. The van der Waals surface area contributed by atoms with Gasteiger partial charge in [-0.15, -0.1) is 16.7 Å². The summed E-state index contributed by atoms with van der Waals surface area (Å²) in [5.74, 6) is 0.112. The van der Waals surface area contributed by atoms with E-state index in [0.717, 1.165) is 16.8 Å². The Morgan fingerprint density at radius 3 is 2.48 bits per heavy atom. The maximum Gasteiger partial charge on any atom is 0.141 e. The van der Waals surface area contributed by atoms with Crippen LogP contribution < -0.4 is 0 Å². The van der Waals surface area contributed by atoms with Crippen molar-refractivity contribution in [2.45, 2.75) is 6.73 Å². The van der Waals surface area contributed by atoms with Gasteiger partial charge >= 0.3 is 0 Å². The highest BCUT2D eigenvalue weighted by atomic mass is 35.5. The summed E-state index contributed by atoms with van der Waals surface area (Å²) in [5.41, 5.74) is 3.12. The number of hydrogen-bond donors (Lipinski definition) is 0. The highest BCUT2D eigenvalue weighted by Gasteiger charge is 2.16. The molecular weight excluding hydrogens is 319 g/mol. The minimum absolute atomic E-state index is 0.235. The maximum absolute atomic E-state index is 13.2. The highest BCUT2D eigenvalue weighted by Crippen LogP contribution is 2.30. The molecule has 23 heavy (non-hydrogen) atoms. The number of pyridine rings is 1. The molecule has 0 spiro atoms. The predicted molar refractivity (Wildman–Crippen MR) is 85.3 cm³/mol. The van der Waals surface area contributed by atoms with Crippen LogP contribution >= 0.6 is 11.6 Å². The molecule has 3 rings (SSSR count). The summed E-state index contributed by atoms with van der Waals surface area (Å²) in [4.78, 5) is 4.03. The Morgan fingerprint density at radius 2 is 1.78 bits per heavy atom. The van der Waals surface area contributed by atoms with Crippen molar-refractivity contribution in [2.75, 3.05) is 12.5 Å². The molecule has 0 fully saturated rings. The molecule has 2 heterocycles. The van der Waals surface area contributed by atoms with Crippen molar-refractivity contribution in [3.63, 3.8) is 0 Å². The van der Waals surface area contributed by atoms with E-state index >= 15 is 0 Å². The van der Waals surface area contributed by atoms with Crippen molar-refractivity contribution in [3.05, 3.63) is 54.6 Å². The number of ether oxygens (including phenoxy) is 1. The van der Waals surface area contributed by atoms with Gasteiger partial charge in [0.25, 0.3) is 0 Å². The van der Waals surface area contributed by atoms with Gasteiger partial charge in [0.05, 0.1) is 12.3 Å². The summed E-state index contributed by atoms with van der Waals surface area (Å²) in [6.07, 6.45) is 3.39. The fraction of sp³-hybridized carbons (Fsp3) is 0.188. The first-order chi connectivity index (χ1) is 11.3. The first kappa shape index (κ1) is 15.6. The van der Waals surface area contributed by atoms with Crippen LogP contribution in [0, 0.1) is 5.82 Å². The smallest absolute Gasteiger partial charge is 0.141 e. The summed E-state index contributed by atoms with van der Waals surface area (Å²) < 4.78 is 20.3. The number of hydrogen-bond acceptors (Lipinski definition) is 4. The van der Waals surface area contributed by atoms with Crippen LogP contribution in [-0.4, -0.2) is 32.5 Å². The normalized spacial score (nSPS) is 10.9. The van der Waals surface area contributed by atoms with Crippen LogP contribution in [0.1, 0.15) is 0 Å². The lowest BCUT2D eigenvalue weighted by atomic mass is 10.1. The molecule has 0 unspecified atom stereocenters. The van der Waals surface area contributed by atoms with Crippen LogP contribution in [0.2, 0.25) is 0 Å². The molecule has 3 aromatic rings. The van der Waals surface area contributed by atoms with Gasteiger partial charge in [-0.3, -0.25) is 4.98 Å². The molecule has 0 N–H and O–H groups in total. The molecule has 0 aliphatic carbocycles. The van der Waals surface area contributed by atoms with Gasteiger partial charge in [-0.2, -0.15) is 0 Å². The molecule has 5 nitrogen and oxygen atoms in total. The van der Waals surface area contributed by atoms with Crippen LogP contribution in [0.15, 0.2) is 48.8 Å². The van der Waals surface area contributed by atoms with E-state index in [0.29, 0.717) is 18.2 Å². The van der Waals surface area contributed by atoms with Crippen molar-refractivity contribution in [3.8, 4) is 22.5 Å². The lowest BCUT2D eigenvalue weighted by Crippen LogP contribution is -2.08. The van der Waals surface area contributed by atoms with Gasteiger partial charge in [0.2, 0.25) is 0 Å². The van der Waals surface area contributed by atoms with Crippen molar-refractivity contribution in [2.24, 2.45) is 0 Å². The van der Waals surface area contributed by atoms with E-state index < -0.39 is 0 Å². The highest BCUT2D eigenvalue weighted by molar-refractivity contribution is 6.17. The topological polar surface area (TPSA) is 52.8 Å². The summed E-state index contributed by atoms with van der Waals surface area (Å²) in [6, 6.07) is 9.87. The number of benzene rings is 1. The average molecular weight is 333 g/mol. The number of halogens is 2. The molecule has 0 radical (unpaired) electrons. The van der Waals surface area contributed by atoms with Crippen LogP contribution in [0.4, 0.5) is 4.39 Å². The molecular formula is C16H14ClFN4O. The standard InChI is InChI=1S/C16H14ClFN4O/c17-7-10-23-11-22-16(13-5-8-19-9-6-13)15(20-21-22)12-1-3-14(18)4-2-12/h1-6,8-9H,7,10-11H2. The fourth-order valence-corrected chi connectivity index (χ4v) is 2.32. The van der Waals surface area contributed by atoms with Crippen molar-refractivity contribution in [1.82, 2.24) is 20.0 Å². The van der Waals surface area contributed by atoms with Gasteiger partial charge < -0.3 is 4.74 Å². The molecule has 0 aliphatic heterocycles. The summed E-state index contributed by atoms with van der Waals surface area (Å²) >= 11 is 5.63. The second-order valence-corrected chi connectivity index (χ2v) is 5.13. The summed E-state index contributed by atoms with van der Waals surface area (Å²) in [6.45, 7) is 0.654. The lowest BCUT2D eigenvalue weighted by Gasteiger charge is -2.08. The molecule has 118 valence electrons. The Hall–Kier alpha value is -2.31. The average Bonchev–Trinajstić information content (AvgIpc) is 3.00. The summed E-state index contributed by atoms with van der Waals surface area (Å²) in [5, 5.41) is 8.38. The zero-order valence-corrected chi connectivity index (χ0v) is 12.9. The second-order valence-electron chi connectivity index (χ2n) is 4.76. The molecule has 0 amide bonds. The largest absolute Gasteiger partial charge is 0.358 e. The fourth-order valence-electron chi connectivity index (χ4n) is 2.21. The lowest BCUT2D eigenvalue weighted by molar-refractivity contribution is 0.0804. The third kappa shape index (κ3) is 3.55. The Balaban J connectivity index is 2.04. The van der Waals surface area contributed by atoms with Crippen LogP contribution in [0.3, 0.4) is 0 Å². The van der Waals surface area contributed by atoms with E-state index in [9.17, 15) is 4.39 Å². The Bertz CT molecular complexity index is 762. The van der Waals surface area contributed by atoms with E-state index in [2.05, 4.69) is 15.3 Å². The van der Waals surface area contributed by atoms with Gasteiger partial charge in [-0.1, -0.05) is 5.21 Å². The molecule has 1 aromatic carbocycles. The van der Waals surface area contributed by atoms with Gasteiger partial charge in [0.15, 0.2) is 0 Å². The van der Waals surface area contributed by atoms with E-state index in [1.165, 1.54) is 12.1 Å². The summed E-state index contributed by atoms with van der Waals surface area (Å²) in [7, 11) is 0. The van der Waals surface area contributed by atoms with Gasteiger partial charge in [-0.25, -0.2) is 9.07 Å². The van der Waals surface area contributed by atoms with Crippen molar-refractivity contribution in [1.29, 1.82) is 0 Å². The first-order valence-corrected chi connectivity index (χ1v) is 7.56. The Morgan fingerprint density at radius 1 is 1.04 bits per heavy atom. The monoisotopic (exact) mass is 332 g/mol. The van der Waals surface area contributed by atoms with Gasteiger partial charge in [0.1, 0.15) is 18.2 Å². The molecule has 0 bridgehead atoms. The van der Waals surface area contributed by atoms with E-state index in [1.54, 1.807) is 29.2 Å². The zero-order chi connectivity index (χ0) is 16.1. The Kier molecular flexibility index (Phi) is 4.95. The zero-order valence-electron chi connectivity index (χ0n) is 12.2. The number of aromatic nitrogens is 4. The van der Waals surface area contributed by atoms with E-state index in [-0.39, 0.29) is 12.5 Å². The molecule has 0 aliphatic rings. The molecule has 0 saturated carbocycles. The third-order valence-electron chi connectivity index (χ3n) is 3.24. The maximum atomic E-state index is 13.2. The van der Waals surface area contributed by atoms with Gasteiger partial charge in [-0.05, 0) is 36.4 Å². The SMILES string of the molecule is Fc1ccc(-c2nnn(COCCCl)c2-c2ccncc2)cc1. The predicted octanol–water partition coefficient (Wildman–Crippen LogP) is 3.36. The van der Waals surface area contributed by atoms with Crippen molar-refractivity contribution < 1.29 is 9.13 Å². The van der Waals surface area contributed by atoms with Gasteiger partial charge in [0, 0.05) is 29.4 Å². The molecule has 7 heteroatoms. The number of rotatable bonds is 6. The van der Waals surface area contributed by atoms with E-state index in [1.807, 2.05) is 12.1 Å². The Labute approximate surface area is 137 Å². The first-order valence-electron chi connectivity index (χ1n) is 7.03. The third-order valence-corrected chi connectivity index (χ3v) is 3.40. The molecule has 2 aromatic heterocycles. The molecule has 0 atom stereocenters. The van der Waals surface area contributed by atoms with Crippen LogP contribution in [0.5, 0.6) is 0 Å². The number of alkyl halides is 1. The quantitative estimate of drug-likeness (QED) is 0.513. The minimum Gasteiger partial charge on any atom is -0.358 e. The van der Waals surface area contributed by atoms with Crippen molar-refractivity contribution >= 4 is 11.6 Å². The van der Waals surface area contributed by atoms with Crippen LogP contribution in [-0.2, 0) is 11.5 Å². The van der Waals surface area contributed by atoms with E-state index in [4.69, 9.17) is 16.3 Å². The molecule has 0 saturated heterocycles. The number of nitrogens with zero attached hydrogens (tertiary/aromatic N) is 4. The van der Waals surface area contributed by atoms with Crippen LogP contribution in [0.25, 0.3) is 22.5 Å². The second kappa shape index (κ2) is 7.30.